The number of piperazine rings is 1. The van der Waals surface area contributed by atoms with E-state index in [1.165, 1.54) is 9.80 Å². The summed E-state index contributed by atoms with van der Waals surface area (Å²) in [5.74, 6) is -3.26. The summed E-state index contributed by atoms with van der Waals surface area (Å²) in [5, 5.41) is 8.82. The number of rotatable bonds is 2. The number of hydrogen-bond donors (Lipinski definition) is 1. The van der Waals surface area contributed by atoms with Crippen LogP contribution in [-0.2, 0) is 4.74 Å². The van der Waals surface area contributed by atoms with Gasteiger partial charge >= 0.3 is 12.1 Å². The van der Waals surface area contributed by atoms with Crippen LogP contribution in [0.1, 0.15) is 31.1 Å². The van der Waals surface area contributed by atoms with Crippen LogP contribution in [0.2, 0.25) is 0 Å². The van der Waals surface area contributed by atoms with Gasteiger partial charge in [0.15, 0.2) is 0 Å². The van der Waals surface area contributed by atoms with Crippen molar-refractivity contribution in [3.8, 4) is 0 Å². The van der Waals surface area contributed by atoms with Crippen LogP contribution in [0.15, 0.2) is 12.1 Å². The van der Waals surface area contributed by atoms with Crippen molar-refractivity contribution in [1.29, 1.82) is 0 Å². The second kappa shape index (κ2) is 6.62. The minimum Gasteiger partial charge on any atom is -0.478 e. The van der Waals surface area contributed by atoms with Crippen LogP contribution in [0.5, 0.6) is 0 Å². The van der Waals surface area contributed by atoms with Crippen LogP contribution < -0.4 is 4.90 Å². The van der Waals surface area contributed by atoms with Crippen molar-refractivity contribution >= 4 is 17.7 Å². The van der Waals surface area contributed by atoms with E-state index in [1.807, 2.05) is 0 Å². The van der Waals surface area contributed by atoms with Crippen molar-refractivity contribution in [1.82, 2.24) is 4.90 Å². The molecule has 1 fully saturated rings. The maximum atomic E-state index is 14.1. The predicted octanol–water partition coefficient (Wildman–Crippen LogP) is 2.72. The Labute approximate surface area is 138 Å². The van der Waals surface area contributed by atoms with Crippen molar-refractivity contribution in [3.05, 3.63) is 29.3 Å². The molecule has 0 aliphatic carbocycles. The van der Waals surface area contributed by atoms with Gasteiger partial charge in [-0.3, -0.25) is 0 Å². The highest BCUT2D eigenvalue weighted by Crippen LogP contribution is 2.26. The summed E-state index contributed by atoms with van der Waals surface area (Å²) in [6.07, 6.45) is -0.468. The molecule has 0 saturated carbocycles. The van der Waals surface area contributed by atoms with Crippen LogP contribution in [0.3, 0.4) is 0 Å². The first-order chi connectivity index (χ1) is 11.1. The Bertz CT molecular complexity index is 627. The summed E-state index contributed by atoms with van der Waals surface area (Å²) in [4.78, 5) is 25.7. The zero-order chi connectivity index (χ0) is 18.1. The number of carbonyl (C=O) groups excluding carboxylic acids is 1. The smallest absolute Gasteiger partial charge is 0.410 e. The van der Waals surface area contributed by atoms with Gasteiger partial charge in [-0.15, -0.1) is 0 Å². The highest BCUT2D eigenvalue weighted by molar-refractivity contribution is 5.88. The molecule has 1 aliphatic rings. The van der Waals surface area contributed by atoms with Gasteiger partial charge in [0.25, 0.3) is 0 Å². The normalized spacial score (nSPS) is 15.4. The number of amides is 1. The maximum Gasteiger partial charge on any atom is 0.410 e. The van der Waals surface area contributed by atoms with Crippen LogP contribution in [0.25, 0.3) is 0 Å². The van der Waals surface area contributed by atoms with E-state index in [4.69, 9.17) is 9.84 Å². The van der Waals surface area contributed by atoms with Crippen LogP contribution in [-0.4, -0.2) is 53.8 Å². The van der Waals surface area contributed by atoms with Crippen LogP contribution in [0.4, 0.5) is 19.3 Å². The Balaban J connectivity index is 2.07. The molecule has 2 rings (SSSR count). The van der Waals surface area contributed by atoms with Gasteiger partial charge in [0.1, 0.15) is 22.9 Å². The molecule has 1 aromatic carbocycles. The Morgan fingerprint density at radius 3 is 2.00 bits per heavy atom. The standard InChI is InChI=1S/C16H20F2N2O4/c1-16(2,3)24-15(23)20-6-4-19(5-7-20)13-11(17)8-10(14(21)22)9-12(13)18/h8-9H,4-7H2,1-3H3,(H,21,22). The van der Waals surface area contributed by atoms with Crippen molar-refractivity contribution < 1.29 is 28.2 Å². The van der Waals surface area contributed by atoms with Gasteiger partial charge < -0.3 is 19.6 Å². The van der Waals surface area contributed by atoms with Gasteiger partial charge in [-0.25, -0.2) is 18.4 Å². The number of hydrogen-bond acceptors (Lipinski definition) is 4. The number of ether oxygens (including phenoxy) is 1. The van der Waals surface area contributed by atoms with Crippen LogP contribution in [0, 0.1) is 11.6 Å². The van der Waals surface area contributed by atoms with Crippen LogP contribution >= 0.6 is 0 Å². The van der Waals surface area contributed by atoms with E-state index < -0.39 is 34.9 Å². The molecule has 1 saturated heterocycles. The third-order valence-electron chi connectivity index (χ3n) is 3.51. The van der Waals surface area contributed by atoms with Crippen molar-refractivity contribution in [3.63, 3.8) is 0 Å². The molecule has 8 heteroatoms. The molecular weight excluding hydrogens is 322 g/mol. The topological polar surface area (TPSA) is 70.1 Å². The molecule has 0 spiro atoms. The number of carboxylic acids is 1. The van der Waals surface area contributed by atoms with Crippen molar-refractivity contribution in [2.45, 2.75) is 26.4 Å². The zero-order valence-corrected chi connectivity index (χ0v) is 13.8. The van der Waals surface area contributed by atoms with Crippen molar-refractivity contribution in [2.24, 2.45) is 0 Å². The van der Waals surface area contributed by atoms with E-state index in [-0.39, 0.29) is 31.9 Å². The lowest BCUT2D eigenvalue weighted by molar-refractivity contribution is 0.0240. The molecule has 1 heterocycles. The lowest BCUT2D eigenvalue weighted by atomic mass is 10.1. The van der Waals surface area contributed by atoms with E-state index >= 15 is 0 Å². The third-order valence-corrected chi connectivity index (χ3v) is 3.51. The van der Waals surface area contributed by atoms with E-state index in [1.54, 1.807) is 20.8 Å². The summed E-state index contributed by atoms with van der Waals surface area (Å²) < 4.78 is 33.4. The average Bonchev–Trinajstić information content (AvgIpc) is 2.45. The third kappa shape index (κ3) is 4.12. The van der Waals surface area contributed by atoms with Gasteiger partial charge in [0, 0.05) is 26.2 Å². The number of benzene rings is 1. The zero-order valence-electron chi connectivity index (χ0n) is 13.8. The molecule has 0 atom stereocenters. The fraction of sp³-hybridized carbons (Fsp3) is 0.500. The molecule has 132 valence electrons. The largest absolute Gasteiger partial charge is 0.478 e. The molecule has 0 unspecified atom stereocenters. The molecule has 0 bridgehead atoms. The quantitative estimate of drug-likeness (QED) is 0.895. The Morgan fingerprint density at radius 2 is 1.58 bits per heavy atom. The molecule has 1 N–H and O–H groups in total. The molecular formula is C16H20F2N2O4. The average molecular weight is 342 g/mol. The summed E-state index contributed by atoms with van der Waals surface area (Å²) in [5.41, 5.74) is -1.33. The second-order valence-electron chi connectivity index (χ2n) is 6.55. The summed E-state index contributed by atoms with van der Waals surface area (Å²) in [7, 11) is 0. The molecule has 0 aromatic heterocycles. The van der Waals surface area contributed by atoms with E-state index in [0.717, 1.165) is 12.1 Å². The fourth-order valence-corrected chi connectivity index (χ4v) is 2.43. The Morgan fingerprint density at radius 1 is 1.08 bits per heavy atom. The Kier molecular flexibility index (Phi) is 4.96. The maximum absolute atomic E-state index is 14.1. The lowest BCUT2D eigenvalue weighted by Crippen LogP contribution is -2.50. The summed E-state index contributed by atoms with van der Waals surface area (Å²) in [6.45, 7) is 6.24. The molecule has 6 nitrogen and oxygen atoms in total. The van der Waals surface area contributed by atoms with Gasteiger partial charge in [0.2, 0.25) is 0 Å². The number of aromatic carboxylic acids is 1. The lowest BCUT2D eigenvalue weighted by Gasteiger charge is -2.36. The number of carbonyl (C=O) groups is 2. The van der Waals surface area contributed by atoms with E-state index in [0.29, 0.717) is 0 Å². The first-order valence-electron chi connectivity index (χ1n) is 7.53. The minimum atomic E-state index is -1.39. The monoisotopic (exact) mass is 342 g/mol. The van der Waals surface area contributed by atoms with Gasteiger partial charge in [-0.2, -0.15) is 0 Å². The number of nitrogens with zero attached hydrogens (tertiary/aromatic N) is 2. The molecule has 1 aliphatic heterocycles. The highest BCUT2D eigenvalue weighted by atomic mass is 19.1. The SMILES string of the molecule is CC(C)(C)OC(=O)N1CCN(c2c(F)cc(C(=O)O)cc2F)CC1. The highest BCUT2D eigenvalue weighted by Gasteiger charge is 2.28. The van der Waals surface area contributed by atoms with E-state index in [9.17, 15) is 18.4 Å². The molecule has 1 aromatic rings. The molecule has 0 radical (unpaired) electrons. The van der Waals surface area contributed by atoms with Gasteiger partial charge in [-0.1, -0.05) is 0 Å². The molecule has 24 heavy (non-hydrogen) atoms. The second-order valence-corrected chi connectivity index (χ2v) is 6.55. The first kappa shape index (κ1) is 18.0. The number of anilines is 1. The fourth-order valence-electron chi connectivity index (χ4n) is 2.43. The first-order valence-corrected chi connectivity index (χ1v) is 7.53. The van der Waals surface area contributed by atoms with Gasteiger partial charge in [0.05, 0.1) is 5.56 Å². The Hall–Kier alpha value is -2.38. The summed E-state index contributed by atoms with van der Waals surface area (Å²) >= 11 is 0. The summed E-state index contributed by atoms with van der Waals surface area (Å²) in [6, 6.07) is 1.59. The number of halogens is 2. The predicted molar refractivity (Wildman–Crippen MR) is 83.3 cm³/mol. The molecule has 1 amide bonds. The van der Waals surface area contributed by atoms with Crippen molar-refractivity contribution in [2.75, 3.05) is 31.1 Å². The van der Waals surface area contributed by atoms with Gasteiger partial charge in [-0.05, 0) is 32.9 Å². The van der Waals surface area contributed by atoms with E-state index in [2.05, 4.69) is 0 Å². The number of carboxylic acid groups (broad SMARTS) is 1. The minimum absolute atomic E-state index is 0.222.